The minimum Gasteiger partial charge on any atom is -0.444 e. The maximum Gasteiger partial charge on any atom is 0.412 e. The number of amides is 1. The highest BCUT2D eigenvalue weighted by molar-refractivity contribution is 5.85. The summed E-state index contributed by atoms with van der Waals surface area (Å²) in [7, 11) is 0. The number of carbonyl (C=O) groups is 1. The summed E-state index contributed by atoms with van der Waals surface area (Å²) in [6.45, 7) is 7.44. The lowest BCUT2D eigenvalue weighted by Gasteiger charge is -2.20. The molecule has 4 nitrogen and oxygen atoms in total. The molecule has 0 saturated heterocycles. The Morgan fingerprint density at radius 3 is 2.56 bits per heavy atom. The number of nitrogens with one attached hydrogen (secondary N) is 1. The van der Waals surface area contributed by atoms with E-state index in [1.54, 1.807) is 0 Å². The number of para-hydroxylation sites is 1. The quantitative estimate of drug-likeness (QED) is 0.867. The molecule has 0 bridgehead atoms. The number of carbonyl (C=O) groups excluding carboxylic acids is 1. The Bertz CT molecular complexity index is 409. The van der Waals surface area contributed by atoms with Gasteiger partial charge in [0.15, 0.2) is 0 Å². The van der Waals surface area contributed by atoms with Crippen molar-refractivity contribution in [2.75, 3.05) is 5.32 Å². The average Bonchev–Trinajstić information content (AvgIpc) is 2.17. The van der Waals surface area contributed by atoms with Crippen molar-refractivity contribution in [1.82, 2.24) is 0 Å². The van der Waals surface area contributed by atoms with Gasteiger partial charge in [-0.1, -0.05) is 18.2 Å². The van der Waals surface area contributed by atoms with E-state index in [0.717, 1.165) is 11.3 Å². The zero-order valence-corrected chi connectivity index (χ0v) is 11.5. The molecule has 0 heterocycles. The lowest BCUT2D eigenvalue weighted by Crippen LogP contribution is -2.28. The molecule has 4 heteroatoms. The molecule has 0 saturated carbocycles. The van der Waals surface area contributed by atoms with Gasteiger partial charge in [0.05, 0.1) is 0 Å². The summed E-state index contributed by atoms with van der Waals surface area (Å²) < 4.78 is 5.22. The van der Waals surface area contributed by atoms with E-state index in [2.05, 4.69) is 5.32 Å². The molecule has 18 heavy (non-hydrogen) atoms. The van der Waals surface area contributed by atoms with E-state index in [1.165, 1.54) is 0 Å². The number of hydrogen-bond acceptors (Lipinski definition) is 3. The second-order valence-electron chi connectivity index (χ2n) is 5.47. The first kappa shape index (κ1) is 14.5. The molecule has 0 aromatic heterocycles. The second-order valence-corrected chi connectivity index (χ2v) is 5.47. The Labute approximate surface area is 109 Å². The van der Waals surface area contributed by atoms with Gasteiger partial charge in [-0.3, -0.25) is 5.32 Å². The minimum absolute atomic E-state index is 0.0478. The highest BCUT2D eigenvalue weighted by Crippen LogP contribution is 2.18. The Balaban J connectivity index is 2.75. The van der Waals surface area contributed by atoms with Gasteiger partial charge in [-0.15, -0.1) is 0 Å². The van der Waals surface area contributed by atoms with Crippen molar-refractivity contribution < 1.29 is 9.53 Å². The third kappa shape index (κ3) is 5.19. The second kappa shape index (κ2) is 5.87. The monoisotopic (exact) mass is 250 g/mol. The molecule has 1 aromatic carbocycles. The zero-order valence-electron chi connectivity index (χ0n) is 11.5. The van der Waals surface area contributed by atoms with E-state index in [-0.39, 0.29) is 6.04 Å². The maximum atomic E-state index is 11.7. The van der Waals surface area contributed by atoms with Gasteiger partial charge in [-0.2, -0.15) is 0 Å². The van der Waals surface area contributed by atoms with Gasteiger partial charge < -0.3 is 10.5 Å². The van der Waals surface area contributed by atoms with Gasteiger partial charge in [0.2, 0.25) is 0 Å². The fraction of sp³-hybridized carbons (Fsp3) is 0.500. The summed E-state index contributed by atoms with van der Waals surface area (Å²) >= 11 is 0. The first-order chi connectivity index (χ1) is 8.28. The van der Waals surface area contributed by atoms with Gasteiger partial charge >= 0.3 is 6.09 Å². The van der Waals surface area contributed by atoms with Gasteiger partial charge in [0, 0.05) is 11.7 Å². The molecule has 100 valence electrons. The summed E-state index contributed by atoms with van der Waals surface area (Å²) in [5.41, 5.74) is 7.05. The van der Waals surface area contributed by atoms with Crippen molar-refractivity contribution in [3.8, 4) is 0 Å². The average molecular weight is 250 g/mol. The number of anilines is 1. The lowest BCUT2D eigenvalue weighted by atomic mass is 10.1. The first-order valence-electron chi connectivity index (χ1n) is 6.11. The minimum atomic E-state index is -0.500. The van der Waals surface area contributed by atoms with Crippen LogP contribution in [0.4, 0.5) is 10.5 Å². The molecule has 1 rings (SSSR count). The molecular formula is C14H22N2O2. The molecule has 1 atom stereocenters. The molecule has 0 aliphatic carbocycles. The highest BCUT2D eigenvalue weighted by Gasteiger charge is 2.17. The van der Waals surface area contributed by atoms with Crippen LogP contribution >= 0.6 is 0 Å². The predicted octanol–water partition coefficient (Wildman–Crippen LogP) is 2.92. The molecule has 0 fully saturated rings. The van der Waals surface area contributed by atoms with E-state index in [1.807, 2.05) is 52.0 Å². The SMILES string of the molecule is CC(N)Cc1ccccc1NC(=O)OC(C)(C)C. The molecule has 1 unspecified atom stereocenters. The summed E-state index contributed by atoms with van der Waals surface area (Å²) in [6.07, 6.45) is 0.269. The largest absolute Gasteiger partial charge is 0.444 e. The van der Waals surface area contributed by atoms with E-state index in [0.29, 0.717) is 6.42 Å². The van der Waals surface area contributed by atoms with E-state index >= 15 is 0 Å². The van der Waals surface area contributed by atoms with Gasteiger partial charge in [-0.25, -0.2) is 4.79 Å². The Hall–Kier alpha value is -1.55. The number of ether oxygens (including phenoxy) is 1. The fourth-order valence-electron chi connectivity index (χ4n) is 1.58. The van der Waals surface area contributed by atoms with E-state index < -0.39 is 11.7 Å². The van der Waals surface area contributed by atoms with Crippen LogP contribution < -0.4 is 11.1 Å². The smallest absolute Gasteiger partial charge is 0.412 e. The summed E-state index contributed by atoms with van der Waals surface area (Å²) in [4.78, 5) is 11.7. The normalized spacial score (nSPS) is 12.9. The summed E-state index contributed by atoms with van der Waals surface area (Å²) in [5.74, 6) is 0. The Morgan fingerprint density at radius 2 is 2.00 bits per heavy atom. The van der Waals surface area contributed by atoms with Crippen LogP contribution in [0, 0.1) is 0 Å². The Morgan fingerprint density at radius 1 is 1.39 bits per heavy atom. The van der Waals surface area contributed by atoms with Crippen LogP contribution in [-0.4, -0.2) is 17.7 Å². The number of benzene rings is 1. The molecule has 0 aliphatic rings. The van der Waals surface area contributed by atoms with Crippen molar-refractivity contribution in [2.45, 2.75) is 45.8 Å². The van der Waals surface area contributed by atoms with Gasteiger partial charge in [0.25, 0.3) is 0 Å². The van der Waals surface area contributed by atoms with Crippen LogP contribution in [0.2, 0.25) is 0 Å². The van der Waals surface area contributed by atoms with Gasteiger partial charge in [-0.05, 0) is 45.7 Å². The highest BCUT2D eigenvalue weighted by atomic mass is 16.6. The number of rotatable bonds is 3. The van der Waals surface area contributed by atoms with Crippen LogP contribution in [0.1, 0.15) is 33.3 Å². The van der Waals surface area contributed by atoms with Crippen molar-refractivity contribution in [3.05, 3.63) is 29.8 Å². The summed E-state index contributed by atoms with van der Waals surface area (Å²) in [5, 5.41) is 2.76. The van der Waals surface area contributed by atoms with Gasteiger partial charge in [0.1, 0.15) is 5.60 Å². The lowest BCUT2D eigenvalue weighted by molar-refractivity contribution is 0.0636. The van der Waals surface area contributed by atoms with Crippen LogP contribution in [-0.2, 0) is 11.2 Å². The van der Waals surface area contributed by atoms with Crippen LogP contribution in [0.15, 0.2) is 24.3 Å². The molecule has 1 amide bonds. The molecule has 0 spiro atoms. The topological polar surface area (TPSA) is 64.3 Å². The van der Waals surface area contributed by atoms with Crippen molar-refractivity contribution >= 4 is 11.8 Å². The number of nitrogens with two attached hydrogens (primary N) is 1. The molecule has 1 aromatic rings. The van der Waals surface area contributed by atoms with Crippen molar-refractivity contribution in [2.24, 2.45) is 5.73 Å². The number of hydrogen-bond donors (Lipinski definition) is 2. The molecule has 3 N–H and O–H groups in total. The third-order valence-corrected chi connectivity index (χ3v) is 2.19. The van der Waals surface area contributed by atoms with Crippen LogP contribution in [0.25, 0.3) is 0 Å². The fourth-order valence-corrected chi connectivity index (χ4v) is 1.58. The summed E-state index contributed by atoms with van der Waals surface area (Å²) in [6, 6.07) is 7.65. The zero-order chi connectivity index (χ0) is 13.8. The molecule has 0 aliphatic heterocycles. The van der Waals surface area contributed by atoms with Crippen LogP contribution in [0.3, 0.4) is 0 Å². The standard InChI is InChI=1S/C14H22N2O2/c1-10(15)9-11-7-5-6-8-12(11)16-13(17)18-14(2,3)4/h5-8,10H,9,15H2,1-4H3,(H,16,17). The molecule has 0 radical (unpaired) electrons. The van der Waals surface area contributed by atoms with E-state index in [9.17, 15) is 4.79 Å². The Kier molecular flexibility index (Phi) is 4.73. The molecular weight excluding hydrogens is 228 g/mol. The predicted molar refractivity (Wildman–Crippen MR) is 73.7 cm³/mol. The van der Waals surface area contributed by atoms with Crippen LogP contribution in [0.5, 0.6) is 0 Å². The van der Waals surface area contributed by atoms with Crippen molar-refractivity contribution in [1.29, 1.82) is 0 Å². The maximum absolute atomic E-state index is 11.7. The van der Waals surface area contributed by atoms with E-state index in [4.69, 9.17) is 10.5 Å². The third-order valence-electron chi connectivity index (χ3n) is 2.19. The van der Waals surface area contributed by atoms with Crippen molar-refractivity contribution in [3.63, 3.8) is 0 Å². The first-order valence-corrected chi connectivity index (χ1v) is 6.11.